The van der Waals surface area contributed by atoms with Gasteiger partial charge >= 0.3 is 5.84 Å². The number of halogens is 1. The molecule has 0 unspecified atom stereocenters. The Kier molecular flexibility index (Phi) is 4.64. The molecule has 0 aromatic heterocycles. The van der Waals surface area contributed by atoms with E-state index in [-0.39, 0.29) is 11.3 Å². The Morgan fingerprint density at radius 2 is 1.59 bits per heavy atom. The third-order valence-corrected chi connectivity index (χ3v) is 2.90. The second-order valence-corrected chi connectivity index (χ2v) is 4.55. The lowest BCUT2D eigenvalue weighted by molar-refractivity contribution is -0.384. The smallest absolute Gasteiger partial charge is 0.358 e. The molecule has 1 N–H and O–H groups in total. The topological polar surface area (TPSA) is 111 Å². The molecule has 0 radical (unpaired) electrons. The number of nitro groups is 2. The molecule has 0 amide bonds. The van der Waals surface area contributed by atoms with Crippen LogP contribution in [0.3, 0.4) is 0 Å². The van der Waals surface area contributed by atoms with Crippen LogP contribution in [0, 0.1) is 20.2 Å². The first-order valence-electron chi connectivity index (χ1n) is 5.96. The molecule has 0 fully saturated rings. The molecule has 9 heteroatoms. The lowest BCUT2D eigenvalue weighted by atomic mass is 10.2. The first kappa shape index (κ1) is 15.4. The van der Waals surface area contributed by atoms with Crippen LogP contribution in [0.4, 0.5) is 11.4 Å². The number of benzene rings is 2. The average Bonchev–Trinajstić information content (AvgIpc) is 2.49. The highest BCUT2D eigenvalue weighted by Crippen LogP contribution is 2.16. The second kappa shape index (κ2) is 6.64. The van der Waals surface area contributed by atoms with E-state index < -0.39 is 15.7 Å². The summed E-state index contributed by atoms with van der Waals surface area (Å²) in [5.41, 5.74) is 3.08. The van der Waals surface area contributed by atoms with Gasteiger partial charge in [0.25, 0.3) is 5.69 Å². The van der Waals surface area contributed by atoms with Crippen molar-refractivity contribution in [3.05, 3.63) is 79.3 Å². The highest BCUT2D eigenvalue weighted by molar-refractivity contribution is 6.30. The van der Waals surface area contributed by atoms with Crippen molar-refractivity contribution in [2.75, 3.05) is 5.43 Å². The standard InChI is InChI=1S/C13H9ClN4O4/c14-10-3-1-9(2-4-10)13(18(21)22)16-15-11-5-7-12(8-6-11)17(19)20/h1-8,15H/b16-13-. The monoisotopic (exact) mass is 320 g/mol. The SMILES string of the molecule is O=[N+]([O-])/C(=N\Nc1ccc([N+](=O)[O-])cc1)c1ccc(Cl)cc1. The summed E-state index contributed by atoms with van der Waals surface area (Å²) in [4.78, 5) is 20.4. The van der Waals surface area contributed by atoms with Gasteiger partial charge in [0.05, 0.1) is 21.3 Å². The summed E-state index contributed by atoms with van der Waals surface area (Å²) < 4.78 is 0. The normalized spacial score (nSPS) is 11.0. The lowest BCUT2D eigenvalue weighted by Gasteiger charge is -2.00. The summed E-state index contributed by atoms with van der Waals surface area (Å²) in [6, 6.07) is 11.3. The van der Waals surface area contributed by atoms with Crippen molar-refractivity contribution in [1.29, 1.82) is 0 Å². The number of nitrogens with zero attached hydrogens (tertiary/aromatic N) is 3. The molecule has 2 rings (SSSR count). The molecular formula is C13H9ClN4O4. The Morgan fingerprint density at radius 1 is 1.00 bits per heavy atom. The van der Waals surface area contributed by atoms with E-state index in [4.69, 9.17) is 11.6 Å². The van der Waals surface area contributed by atoms with Crippen LogP contribution in [0.25, 0.3) is 0 Å². The van der Waals surface area contributed by atoms with E-state index in [9.17, 15) is 20.2 Å². The largest absolute Gasteiger partial charge is 0.395 e. The summed E-state index contributed by atoms with van der Waals surface area (Å²) in [5, 5.41) is 25.8. The van der Waals surface area contributed by atoms with E-state index in [0.29, 0.717) is 10.7 Å². The molecule has 22 heavy (non-hydrogen) atoms. The summed E-state index contributed by atoms with van der Waals surface area (Å²) >= 11 is 5.73. The van der Waals surface area contributed by atoms with Crippen molar-refractivity contribution >= 4 is 28.8 Å². The van der Waals surface area contributed by atoms with Gasteiger partial charge in [0.1, 0.15) is 0 Å². The Morgan fingerprint density at radius 3 is 2.09 bits per heavy atom. The highest BCUT2D eigenvalue weighted by Gasteiger charge is 2.16. The lowest BCUT2D eigenvalue weighted by Crippen LogP contribution is -2.15. The van der Waals surface area contributed by atoms with Crippen LogP contribution in [0.15, 0.2) is 53.6 Å². The Balaban J connectivity index is 2.22. The molecule has 112 valence electrons. The minimum atomic E-state index is -0.637. The molecule has 0 aliphatic heterocycles. The average molecular weight is 321 g/mol. The van der Waals surface area contributed by atoms with Crippen LogP contribution >= 0.6 is 11.6 Å². The number of nitro benzene ring substituents is 1. The van der Waals surface area contributed by atoms with Crippen molar-refractivity contribution in [2.24, 2.45) is 5.10 Å². The third-order valence-electron chi connectivity index (χ3n) is 2.64. The summed E-state index contributed by atoms with van der Waals surface area (Å²) in [6.45, 7) is 0. The van der Waals surface area contributed by atoms with Crippen LogP contribution in [0.5, 0.6) is 0 Å². The van der Waals surface area contributed by atoms with E-state index in [1.54, 1.807) is 0 Å². The van der Waals surface area contributed by atoms with Gasteiger partial charge in [-0.2, -0.15) is 5.43 Å². The molecule has 0 spiro atoms. The summed E-state index contributed by atoms with van der Waals surface area (Å²) in [5.74, 6) is -0.394. The van der Waals surface area contributed by atoms with Crippen LogP contribution in [0.2, 0.25) is 5.02 Å². The van der Waals surface area contributed by atoms with Gasteiger partial charge in [-0.25, -0.2) is 0 Å². The first-order valence-corrected chi connectivity index (χ1v) is 6.33. The van der Waals surface area contributed by atoms with Crippen LogP contribution in [-0.4, -0.2) is 15.7 Å². The van der Waals surface area contributed by atoms with Crippen molar-refractivity contribution in [3.8, 4) is 0 Å². The zero-order valence-corrected chi connectivity index (χ0v) is 11.7. The van der Waals surface area contributed by atoms with Crippen LogP contribution < -0.4 is 5.43 Å². The Bertz CT molecular complexity index is 729. The first-order chi connectivity index (χ1) is 10.5. The van der Waals surface area contributed by atoms with Crippen LogP contribution in [-0.2, 0) is 0 Å². The fraction of sp³-hybridized carbons (Fsp3) is 0. The zero-order chi connectivity index (χ0) is 16.1. The zero-order valence-electron chi connectivity index (χ0n) is 11.0. The Labute approximate surface area is 129 Å². The van der Waals surface area contributed by atoms with Gasteiger partial charge in [-0.1, -0.05) is 11.6 Å². The summed E-state index contributed by atoms with van der Waals surface area (Å²) in [6.07, 6.45) is 0. The maximum atomic E-state index is 11.1. The molecule has 2 aromatic rings. The predicted molar refractivity (Wildman–Crippen MR) is 81.7 cm³/mol. The number of non-ortho nitro benzene ring substituents is 1. The third kappa shape index (κ3) is 3.76. The number of amidine groups is 1. The number of hydrazone groups is 1. The van der Waals surface area contributed by atoms with Gasteiger partial charge in [-0.3, -0.25) is 10.1 Å². The van der Waals surface area contributed by atoms with E-state index >= 15 is 0 Å². The van der Waals surface area contributed by atoms with Gasteiger partial charge in [-0.15, -0.1) is 0 Å². The molecule has 0 saturated heterocycles. The Hall–Kier alpha value is -3.00. The van der Waals surface area contributed by atoms with Gasteiger partial charge in [0, 0.05) is 17.2 Å². The number of anilines is 1. The predicted octanol–water partition coefficient (Wildman–Crippen LogP) is 3.30. The van der Waals surface area contributed by atoms with E-state index in [1.165, 1.54) is 48.5 Å². The summed E-state index contributed by atoms with van der Waals surface area (Å²) in [7, 11) is 0. The quantitative estimate of drug-likeness (QED) is 0.402. The molecule has 0 bridgehead atoms. The second-order valence-electron chi connectivity index (χ2n) is 4.12. The van der Waals surface area contributed by atoms with Crippen LogP contribution in [0.1, 0.15) is 5.56 Å². The fourth-order valence-corrected chi connectivity index (χ4v) is 1.71. The van der Waals surface area contributed by atoms with Crippen molar-refractivity contribution in [3.63, 3.8) is 0 Å². The van der Waals surface area contributed by atoms with Gasteiger partial charge < -0.3 is 10.1 Å². The van der Waals surface area contributed by atoms with E-state index in [2.05, 4.69) is 10.5 Å². The van der Waals surface area contributed by atoms with Crippen molar-refractivity contribution in [2.45, 2.75) is 0 Å². The molecule has 0 aliphatic carbocycles. The van der Waals surface area contributed by atoms with Crippen molar-refractivity contribution in [1.82, 2.24) is 0 Å². The highest BCUT2D eigenvalue weighted by atomic mass is 35.5. The molecule has 0 heterocycles. The number of rotatable bonds is 4. The number of hydrogen-bond donors (Lipinski definition) is 1. The van der Waals surface area contributed by atoms with Crippen molar-refractivity contribution < 1.29 is 9.85 Å². The number of hydrogen-bond acceptors (Lipinski definition) is 6. The van der Waals surface area contributed by atoms with E-state index in [1.807, 2.05) is 0 Å². The molecule has 0 aliphatic rings. The number of nitrogens with one attached hydrogen (secondary N) is 1. The molecule has 2 aromatic carbocycles. The molecule has 8 nitrogen and oxygen atoms in total. The fourth-order valence-electron chi connectivity index (χ4n) is 1.58. The maximum absolute atomic E-state index is 11.1. The van der Waals surface area contributed by atoms with Gasteiger partial charge in [-0.05, 0) is 41.3 Å². The van der Waals surface area contributed by atoms with Gasteiger partial charge in [0.15, 0.2) is 0 Å². The molecule has 0 saturated carbocycles. The maximum Gasteiger partial charge on any atom is 0.395 e. The van der Waals surface area contributed by atoms with Gasteiger partial charge in [0.2, 0.25) is 0 Å². The minimum absolute atomic E-state index is 0.0817. The molecule has 0 atom stereocenters. The van der Waals surface area contributed by atoms with E-state index in [0.717, 1.165) is 0 Å². The molecular weight excluding hydrogens is 312 g/mol. The minimum Gasteiger partial charge on any atom is -0.358 e.